The van der Waals surface area contributed by atoms with Crippen molar-refractivity contribution in [2.24, 2.45) is 0 Å². The molecule has 1 aromatic carbocycles. The number of oxazole rings is 1. The van der Waals surface area contributed by atoms with Gasteiger partial charge in [-0.25, -0.2) is 8.42 Å². The van der Waals surface area contributed by atoms with Crippen LogP contribution in [0.25, 0.3) is 11.1 Å². The normalized spacial score (nSPS) is 12.9. The molecule has 1 heterocycles. The maximum absolute atomic E-state index is 12.2. The molecule has 7 heteroatoms. The van der Waals surface area contributed by atoms with Gasteiger partial charge in [0, 0.05) is 12.8 Å². The van der Waals surface area contributed by atoms with Crippen LogP contribution in [0.2, 0.25) is 0 Å². The monoisotopic (exact) mass is 298 g/mol. The highest BCUT2D eigenvalue weighted by Gasteiger charge is 2.26. The molecule has 1 aromatic heterocycles. The standard InChI is InChI=1S/C13H18N2O4S/c1-13(2,18-3)6-7-20(16,17)12-15-10-8-9(14)4-5-11(10)19-12/h4-5,8H,6-7,14H2,1-3H3. The van der Waals surface area contributed by atoms with Crippen LogP contribution in [-0.2, 0) is 14.6 Å². The molecule has 0 spiro atoms. The fraction of sp³-hybridized carbons (Fsp3) is 0.462. The quantitative estimate of drug-likeness (QED) is 0.848. The topological polar surface area (TPSA) is 95.4 Å². The van der Waals surface area contributed by atoms with Gasteiger partial charge < -0.3 is 14.9 Å². The molecular formula is C13H18N2O4S. The summed E-state index contributed by atoms with van der Waals surface area (Å²) in [5.41, 5.74) is 6.47. The molecule has 110 valence electrons. The molecule has 20 heavy (non-hydrogen) atoms. The van der Waals surface area contributed by atoms with Gasteiger partial charge in [-0.15, -0.1) is 0 Å². The number of methoxy groups -OCH3 is 1. The molecule has 0 bridgehead atoms. The Labute approximate surface area is 117 Å². The van der Waals surface area contributed by atoms with Gasteiger partial charge in [-0.3, -0.25) is 0 Å². The van der Waals surface area contributed by atoms with Crippen LogP contribution in [0.1, 0.15) is 20.3 Å². The lowest BCUT2D eigenvalue weighted by Crippen LogP contribution is -2.26. The Morgan fingerprint density at radius 1 is 1.40 bits per heavy atom. The van der Waals surface area contributed by atoms with Crippen LogP contribution in [-0.4, -0.2) is 31.9 Å². The summed E-state index contributed by atoms with van der Waals surface area (Å²) in [6, 6.07) is 4.82. The van der Waals surface area contributed by atoms with Gasteiger partial charge in [-0.05, 0) is 38.5 Å². The van der Waals surface area contributed by atoms with E-state index in [2.05, 4.69) is 4.98 Å². The summed E-state index contributed by atoms with van der Waals surface area (Å²) < 4.78 is 34.9. The fourth-order valence-electron chi connectivity index (χ4n) is 1.63. The van der Waals surface area contributed by atoms with Gasteiger partial charge in [-0.1, -0.05) is 0 Å². The summed E-state index contributed by atoms with van der Waals surface area (Å²) in [5, 5.41) is -0.273. The number of nitrogens with zero attached hydrogens (tertiary/aromatic N) is 1. The zero-order chi connectivity index (χ0) is 15.0. The van der Waals surface area contributed by atoms with Crippen LogP contribution < -0.4 is 5.73 Å². The number of anilines is 1. The predicted molar refractivity (Wildman–Crippen MR) is 76.2 cm³/mol. The maximum atomic E-state index is 12.2. The van der Waals surface area contributed by atoms with Crippen LogP contribution in [0.15, 0.2) is 27.8 Å². The van der Waals surface area contributed by atoms with Crippen molar-refractivity contribution >= 4 is 26.6 Å². The molecule has 0 fully saturated rings. The van der Waals surface area contributed by atoms with E-state index in [-0.39, 0.29) is 11.0 Å². The zero-order valence-corrected chi connectivity index (χ0v) is 12.5. The summed E-state index contributed by atoms with van der Waals surface area (Å²) in [6.45, 7) is 3.66. The smallest absolute Gasteiger partial charge is 0.316 e. The molecule has 0 atom stereocenters. The molecule has 0 aliphatic carbocycles. The van der Waals surface area contributed by atoms with E-state index in [1.54, 1.807) is 25.3 Å². The lowest BCUT2D eigenvalue weighted by Gasteiger charge is -2.21. The van der Waals surface area contributed by atoms with Crippen LogP contribution in [0.5, 0.6) is 0 Å². The molecule has 0 saturated heterocycles. The Bertz CT molecular complexity index is 719. The average Bonchev–Trinajstić information content (AvgIpc) is 2.80. The van der Waals surface area contributed by atoms with E-state index in [9.17, 15) is 8.42 Å². The summed E-state index contributed by atoms with van der Waals surface area (Å²) >= 11 is 0. The van der Waals surface area contributed by atoms with Crippen molar-refractivity contribution in [1.82, 2.24) is 4.98 Å². The number of sulfone groups is 1. The molecule has 6 nitrogen and oxygen atoms in total. The molecule has 0 unspecified atom stereocenters. The van der Waals surface area contributed by atoms with Gasteiger partial charge in [0.05, 0.1) is 11.4 Å². The summed E-state index contributed by atoms with van der Waals surface area (Å²) in [4.78, 5) is 4.00. The van der Waals surface area contributed by atoms with E-state index in [1.807, 2.05) is 13.8 Å². The molecule has 2 N–H and O–H groups in total. The van der Waals surface area contributed by atoms with Crippen molar-refractivity contribution in [3.8, 4) is 0 Å². The van der Waals surface area contributed by atoms with Crippen molar-refractivity contribution in [2.75, 3.05) is 18.6 Å². The number of aromatic nitrogens is 1. The Hall–Kier alpha value is -1.60. The number of benzene rings is 1. The Balaban J connectivity index is 2.28. The van der Waals surface area contributed by atoms with Crippen LogP contribution >= 0.6 is 0 Å². The van der Waals surface area contributed by atoms with E-state index < -0.39 is 15.4 Å². The zero-order valence-electron chi connectivity index (χ0n) is 11.7. The Morgan fingerprint density at radius 3 is 2.75 bits per heavy atom. The Morgan fingerprint density at radius 2 is 2.10 bits per heavy atom. The number of rotatable bonds is 5. The highest BCUT2D eigenvalue weighted by molar-refractivity contribution is 7.91. The largest absolute Gasteiger partial charge is 0.428 e. The molecule has 0 saturated carbocycles. The van der Waals surface area contributed by atoms with Crippen LogP contribution in [0, 0.1) is 0 Å². The molecule has 2 aromatic rings. The first-order chi connectivity index (χ1) is 9.23. The lowest BCUT2D eigenvalue weighted by molar-refractivity contribution is 0.0202. The minimum absolute atomic E-state index is 0.0872. The molecule has 2 rings (SSSR count). The molecule has 0 radical (unpaired) electrons. The molecular weight excluding hydrogens is 280 g/mol. The third-order valence-electron chi connectivity index (χ3n) is 3.18. The Kier molecular flexibility index (Phi) is 3.75. The third-order valence-corrected chi connectivity index (χ3v) is 4.63. The van der Waals surface area contributed by atoms with Gasteiger partial charge in [0.15, 0.2) is 5.58 Å². The first kappa shape index (κ1) is 14.8. The minimum Gasteiger partial charge on any atom is -0.428 e. The highest BCUT2D eigenvalue weighted by atomic mass is 32.2. The number of ether oxygens (including phenoxy) is 1. The third kappa shape index (κ3) is 3.10. The number of nitrogens with two attached hydrogens (primary N) is 1. The SMILES string of the molecule is COC(C)(C)CCS(=O)(=O)c1nc2cc(N)ccc2o1. The van der Waals surface area contributed by atoms with E-state index in [4.69, 9.17) is 14.9 Å². The summed E-state index contributed by atoms with van der Waals surface area (Å²) in [7, 11) is -2.03. The fourth-order valence-corrected chi connectivity index (χ4v) is 3.01. The minimum atomic E-state index is -3.58. The van der Waals surface area contributed by atoms with Crippen molar-refractivity contribution < 1.29 is 17.6 Å². The van der Waals surface area contributed by atoms with E-state index >= 15 is 0 Å². The first-order valence-corrected chi connectivity index (χ1v) is 7.83. The van der Waals surface area contributed by atoms with Crippen molar-refractivity contribution in [2.45, 2.75) is 31.1 Å². The summed E-state index contributed by atoms with van der Waals surface area (Å²) in [5.74, 6) is -0.0872. The van der Waals surface area contributed by atoms with Crippen LogP contribution in [0.3, 0.4) is 0 Å². The first-order valence-electron chi connectivity index (χ1n) is 6.17. The van der Waals surface area contributed by atoms with Crippen molar-refractivity contribution in [1.29, 1.82) is 0 Å². The van der Waals surface area contributed by atoms with E-state index in [0.29, 0.717) is 23.2 Å². The molecule has 0 aliphatic heterocycles. The van der Waals surface area contributed by atoms with Gasteiger partial charge in [0.25, 0.3) is 0 Å². The number of hydrogen-bond acceptors (Lipinski definition) is 6. The maximum Gasteiger partial charge on any atom is 0.316 e. The second-order valence-corrected chi connectivity index (χ2v) is 7.23. The average molecular weight is 298 g/mol. The lowest BCUT2D eigenvalue weighted by atomic mass is 10.1. The molecule has 0 amide bonds. The summed E-state index contributed by atoms with van der Waals surface area (Å²) in [6.07, 6.45) is 0.354. The van der Waals surface area contributed by atoms with Gasteiger partial charge in [-0.2, -0.15) is 4.98 Å². The van der Waals surface area contributed by atoms with Crippen LogP contribution in [0.4, 0.5) is 5.69 Å². The highest BCUT2D eigenvalue weighted by Crippen LogP contribution is 2.23. The molecule has 0 aliphatic rings. The number of hydrogen-bond donors (Lipinski definition) is 1. The van der Waals surface area contributed by atoms with Crippen molar-refractivity contribution in [3.63, 3.8) is 0 Å². The van der Waals surface area contributed by atoms with E-state index in [0.717, 1.165) is 0 Å². The second kappa shape index (κ2) is 5.06. The van der Waals surface area contributed by atoms with Crippen molar-refractivity contribution in [3.05, 3.63) is 18.2 Å². The van der Waals surface area contributed by atoms with Gasteiger partial charge >= 0.3 is 5.22 Å². The number of fused-ring (bicyclic) bond motifs is 1. The van der Waals surface area contributed by atoms with E-state index in [1.165, 1.54) is 0 Å². The van der Waals surface area contributed by atoms with Gasteiger partial charge in [0.1, 0.15) is 5.52 Å². The second-order valence-electron chi connectivity index (χ2n) is 5.24. The predicted octanol–water partition coefficient (Wildman–Crippen LogP) is 2.00. The van der Waals surface area contributed by atoms with Gasteiger partial charge in [0.2, 0.25) is 9.84 Å². The number of nitrogen functional groups attached to an aromatic ring is 1.